The van der Waals surface area contributed by atoms with Crippen molar-refractivity contribution in [3.63, 3.8) is 0 Å². The van der Waals surface area contributed by atoms with Gasteiger partial charge in [-0.25, -0.2) is 4.98 Å². The van der Waals surface area contributed by atoms with E-state index in [0.29, 0.717) is 16.7 Å². The maximum atomic E-state index is 12.0. The van der Waals surface area contributed by atoms with Gasteiger partial charge in [0.2, 0.25) is 5.91 Å². The zero-order valence-electron chi connectivity index (χ0n) is 12.4. The molecular formula is C15H19N3O3. The standard InChI is InChI=1S/C15H19N3O3/c1-10(2)18(14(19)9-21-3)8-13-16-12-7-5-4-6-11(12)15(20)17-13/h4-7,10H,8-9H2,1-3H3,(H,16,17,20). The molecule has 0 unspecified atom stereocenters. The summed E-state index contributed by atoms with van der Waals surface area (Å²) in [7, 11) is 1.48. The Balaban J connectivity index is 2.33. The van der Waals surface area contributed by atoms with E-state index in [9.17, 15) is 9.59 Å². The number of hydrogen-bond donors (Lipinski definition) is 1. The summed E-state index contributed by atoms with van der Waals surface area (Å²) in [5.74, 6) is 0.333. The van der Waals surface area contributed by atoms with Crippen LogP contribution in [0.15, 0.2) is 29.1 Å². The number of carbonyl (C=O) groups excluding carboxylic acids is 1. The van der Waals surface area contributed by atoms with Gasteiger partial charge in [0, 0.05) is 13.2 Å². The molecule has 21 heavy (non-hydrogen) atoms. The molecular weight excluding hydrogens is 270 g/mol. The molecule has 0 atom stereocenters. The van der Waals surface area contributed by atoms with Gasteiger partial charge in [-0.2, -0.15) is 0 Å². The van der Waals surface area contributed by atoms with Crippen molar-refractivity contribution in [1.82, 2.24) is 14.9 Å². The average molecular weight is 289 g/mol. The van der Waals surface area contributed by atoms with E-state index in [0.717, 1.165) is 0 Å². The first kappa shape index (κ1) is 15.2. The van der Waals surface area contributed by atoms with Crippen LogP contribution in [0.5, 0.6) is 0 Å². The second-order valence-electron chi connectivity index (χ2n) is 5.08. The van der Waals surface area contributed by atoms with Crippen molar-refractivity contribution >= 4 is 16.8 Å². The molecule has 112 valence electrons. The highest BCUT2D eigenvalue weighted by Crippen LogP contribution is 2.09. The van der Waals surface area contributed by atoms with E-state index in [2.05, 4.69) is 9.97 Å². The lowest BCUT2D eigenvalue weighted by Crippen LogP contribution is -2.39. The van der Waals surface area contributed by atoms with E-state index < -0.39 is 0 Å². The van der Waals surface area contributed by atoms with Crippen molar-refractivity contribution in [3.8, 4) is 0 Å². The largest absolute Gasteiger partial charge is 0.375 e. The second kappa shape index (κ2) is 6.49. The van der Waals surface area contributed by atoms with Gasteiger partial charge in [0.1, 0.15) is 12.4 Å². The summed E-state index contributed by atoms with van der Waals surface area (Å²) in [6.07, 6.45) is 0. The number of aromatic nitrogens is 2. The maximum absolute atomic E-state index is 12.0. The predicted molar refractivity (Wildman–Crippen MR) is 79.9 cm³/mol. The van der Waals surface area contributed by atoms with Gasteiger partial charge in [-0.15, -0.1) is 0 Å². The minimum atomic E-state index is -0.196. The summed E-state index contributed by atoms with van der Waals surface area (Å²) in [6, 6.07) is 7.12. The van der Waals surface area contributed by atoms with Gasteiger partial charge >= 0.3 is 0 Å². The summed E-state index contributed by atoms with van der Waals surface area (Å²) < 4.78 is 4.88. The first-order valence-corrected chi connectivity index (χ1v) is 6.79. The summed E-state index contributed by atoms with van der Waals surface area (Å²) in [5, 5.41) is 0.542. The van der Waals surface area contributed by atoms with Gasteiger partial charge in [0.05, 0.1) is 17.4 Å². The number of rotatable bonds is 5. The molecule has 0 spiro atoms. The van der Waals surface area contributed by atoms with Crippen LogP contribution in [0.25, 0.3) is 10.9 Å². The SMILES string of the molecule is COCC(=O)N(Cc1nc2ccccc2c(=O)[nH]1)C(C)C. The molecule has 0 aliphatic carbocycles. The fourth-order valence-electron chi connectivity index (χ4n) is 2.14. The highest BCUT2D eigenvalue weighted by molar-refractivity contribution is 5.78. The summed E-state index contributed by atoms with van der Waals surface area (Å²) in [5.41, 5.74) is 0.428. The highest BCUT2D eigenvalue weighted by atomic mass is 16.5. The molecule has 2 aromatic rings. The Morgan fingerprint density at radius 3 is 2.76 bits per heavy atom. The zero-order chi connectivity index (χ0) is 15.4. The number of nitrogens with one attached hydrogen (secondary N) is 1. The molecule has 1 amide bonds. The molecule has 1 heterocycles. The maximum Gasteiger partial charge on any atom is 0.258 e. The van der Waals surface area contributed by atoms with E-state index in [1.165, 1.54) is 7.11 Å². The number of aromatic amines is 1. The molecule has 0 aliphatic rings. The first-order valence-electron chi connectivity index (χ1n) is 6.79. The Kier molecular flexibility index (Phi) is 4.70. The average Bonchev–Trinajstić information content (AvgIpc) is 2.44. The third kappa shape index (κ3) is 3.46. The monoisotopic (exact) mass is 289 g/mol. The predicted octanol–water partition coefficient (Wildman–Crippen LogP) is 1.31. The van der Waals surface area contributed by atoms with Crippen LogP contribution in [0.2, 0.25) is 0 Å². The minimum Gasteiger partial charge on any atom is -0.375 e. The van der Waals surface area contributed by atoms with Crippen LogP contribution in [0.3, 0.4) is 0 Å². The molecule has 0 saturated carbocycles. The van der Waals surface area contributed by atoms with Crippen LogP contribution in [0.1, 0.15) is 19.7 Å². The lowest BCUT2D eigenvalue weighted by molar-refractivity contribution is -0.137. The molecule has 6 heteroatoms. The van der Waals surface area contributed by atoms with Gasteiger partial charge in [0.15, 0.2) is 0 Å². The van der Waals surface area contributed by atoms with Crippen LogP contribution >= 0.6 is 0 Å². The van der Waals surface area contributed by atoms with Crippen molar-refractivity contribution in [2.45, 2.75) is 26.4 Å². The lowest BCUT2D eigenvalue weighted by Gasteiger charge is -2.26. The summed E-state index contributed by atoms with van der Waals surface area (Å²) >= 11 is 0. The Bertz CT molecular complexity index is 694. The Hall–Kier alpha value is -2.21. The van der Waals surface area contributed by atoms with Gasteiger partial charge < -0.3 is 14.6 Å². The second-order valence-corrected chi connectivity index (χ2v) is 5.08. The topological polar surface area (TPSA) is 75.3 Å². The van der Waals surface area contributed by atoms with Crippen LogP contribution in [0.4, 0.5) is 0 Å². The van der Waals surface area contributed by atoms with Crippen molar-refractivity contribution in [3.05, 3.63) is 40.4 Å². The van der Waals surface area contributed by atoms with E-state index in [1.807, 2.05) is 19.9 Å². The van der Waals surface area contributed by atoms with Crippen LogP contribution in [-0.2, 0) is 16.1 Å². The van der Waals surface area contributed by atoms with Gasteiger partial charge in [-0.1, -0.05) is 12.1 Å². The zero-order valence-corrected chi connectivity index (χ0v) is 12.4. The van der Waals surface area contributed by atoms with E-state index in [-0.39, 0.29) is 30.7 Å². The molecule has 0 bridgehead atoms. The van der Waals surface area contributed by atoms with Crippen molar-refractivity contribution in [1.29, 1.82) is 0 Å². The third-order valence-corrected chi connectivity index (χ3v) is 3.19. The number of carbonyl (C=O) groups is 1. The number of methoxy groups -OCH3 is 1. The number of benzene rings is 1. The third-order valence-electron chi connectivity index (χ3n) is 3.19. The van der Waals surface area contributed by atoms with Crippen LogP contribution < -0.4 is 5.56 Å². The molecule has 0 fully saturated rings. The fourth-order valence-corrected chi connectivity index (χ4v) is 2.14. The Morgan fingerprint density at radius 2 is 2.10 bits per heavy atom. The number of H-pyrrole nitrogens is 1. The highest BCUT2D eigenvalue weighted by Gasteiger charge is 2.18. The van der Waals surface area contributed by atoms with Crippen molar-refractivity contribution < 1.29 is 9.53 Å². The number of hydrogen-bond acceptors (Lipinski definition) is 4. The molecule has 1 N–H and O–H groups in total. The number of amides is 1. The molecule has 0 saturated heterocycles. The minimum absolute atomic E-state index is 0.00979. The van der Waals surface area contributed by atoms with Gasteiger partial charge in [-0.3, -0.25) is 9.59 Å². The number of para-hydroxylation sites is 1. The first-order chi connectivity index (χ1) is 10.0. The van der Waals surface area contributed by atoms with Crippen molar-refractivity contribution in [2.24, 2.45) is 0 Å². The lowest BCUT2D eigenvalue weighted by atomic mass is 10.2. The molecule has 0 aliphatic heterocycles. The molecule has 1 aromatic heterocycles. The van der Waals surface area contributed by atoms with E-state index in [4.69, 9.17) is 4.74 Å². The van der Waals surface area contributed by atoms with Gasteiger partial charge in [0.25, 0.3) is 5.56 Å². The number of ether oxygens (including phenoxy) is 1. The molecule has 6 nitrogen and oxygen atoms in total. The quantitative estimate of drug-likeness (QED) is 0.900. The van der Waals surface area contributed by atoms with E-state index >= 15 is 0 Å². The van der Waals surface area contributed by atoms with Crippen molar-refractivity contribution in [2.75, 3.05) is 13.7 Å². The van der Waals surface area contributed by atoms with Crippen LogP contribution in [-0.4, -0.2) is 40.5 Å². The smallest absolute Gasteiger partial charge is 0.258 e. The van der Waals surface area contributed by atoms with E-state index in [1.54, 1.807) is 23.1 Å². The summed E-state index contributed by atoms with van der Waals surface area (Å²) in [4.78, 5) is 32.8. The van der Waals surface area contributed by atoms with Crippen LogP contribution in [0, 0.1) is 0 Å². The number of fused-ring (bicyclic) bond motifs is 1. The molecule has 0 radical (unpaired) electrons. The summed E-state index contributed by atoms with van der Waals surface area (Å²) in [6.45, 7) is 4.08. The fraction of sp³-hybridized carbons (Fsp3) is 0.400. The molecule has 1 aromatic carbocycles. The Labute approximate surface area is 122 Å². The van der Waals surface area contributed by atoms with Gasteiger partial charge in [-0.05, 0) is 26.0 Å². The molecule has 2 rings (SSSR count). The Morgan fingerprint density at radius 1 is 1.38 bits per heavy atom. The number of nitrogens with zero attached hydrogens (tertiary/aromatic N) is 2. The normalized spacial score (nSPS) is 11.0.